The number of methoxy groups -OCH3 is 1. The van der Waals surface area contributed by atoms with Gasteiger partial charge < -0.3 is 9.47 Å². The molecule has 0 atom stereocenters. The Morgan fingerprint density at radius 1 is 0.914 bits per heavy atom. The van der Waals surface area contributed by atoms with Crippen molar-refractivity contribution in [3.05, 3.63) is 58.5 Å². The summed E-state index contributed by atoms with van der Waals surface area (Å²) in [5.74, 6) is 2.28. The molecule has 186 valence electrons. The minimum Gasteiger partial charge on any atom is -0.497 e. The number of carbonyl (C=O) groups is 1. The minimum absolute atomic E-state index is 0.123. The van der Waals surface area contributed by atoms with Gasteiger partial charge in [-0.3, -0.25) is 9.69 Å². The lowest BCUT2D eigenvalue weighted by Crippen LogP contribution is -2.29. The van der Waals surface area contributed by atoms with Crippen LogP contribution in [0.15, 0.2) is 42.5 Å². The maximum absolute atomic E-state index is 13.8. The van der Waals surface area contributed by atoms with E-state index in [0.717, 1.165) is 39.3 Å². The van der Waals surface area contributed by atoms with E-state index in [4.69, 9.17) is 9.47 Å². The van der Waals surface area contributed by atoms with Crippen LogP contribution in [0, 0.1) is 0 Å². The molecule has 2 fully saturated rings. The average Bonchev–Trinajstić information content (AvgIpc) is 3.09. The summed E-state index contributed by atoms with van der Waals surface area (Å²) in [6, 6.07) is 13.9. The lowest BCUT2D eigenvalue weighted by atomic mass is 9.85. The van der Waals surface area contributed by atoms with E-state index in [1.807, 2.05) is 30.3 Å². The molecule has 0 radical (unpaired) electrons. The first kappa shape index (κ1) is 24.3. The second-order valence-electron chi connectivity index (χ2n) is 10.00. The number of fused-ring (bicyclic) bond motifs is 1. The summed E-state index contributed by atoms with van der Waals surface area (Å²) in [7, 11) is 1.69. The van der Waals surface area contributed by atoms with Crippen LogP contribution in [0.4, 0.5) is 0 Å². The lowest BCUT2D eigenvalue weighted by molar-refractivity contribution is 0.103. The second kappa shape index (κ2) is 11.6. The van der Waals surface area contributed by atoms with Crippen molar-refractivity contribution in [3.63, 3.8) is 0 Å². The summed E-state index contributed by atoms with van der Waals surface area (Å²) in [6.07, 6.45) is 11.4. The molecule has 0 bridgehead atoms. The number of hydrogen-bond acceptors (Lipinski definition) is 5. The Kier molecular flexibility index (Phi) is 8.05. The standard InChI is InChI=1S/C30H37NO3S/c1-33-25-15-16-26-27(21-25)35-30(23-9-5-4-6-10-23)28(26)29(32)22-11-13-24(14-12-22)34-20-19-31-17-7-2-3-8-18-31/h11-16,21,23H,2-10,17-20H2,1H3. The summed E-state index contributed by atoms with van der Waals surface area (Å²) >= 11 is 1.78. The van der Waals surface area contributed by atoms with Crippen molar-refractivity contribution in [2.24, 2.45) is 0 Å². The molecule has 1 saturated carbocycles. The number of benzene rings is 2. The van der Waals surface area contributed by atoms with Crippen molar-refractivity contribution in [2.45, 2.75) is 63.7 Å². The Morgan fingerprint density at radius 3 is 2.31 bits per heavy atom. The molecule has 2 heterocycles. The zero-order chi connectivity index (χ0) is 24.0. The van der Waals surface area contributed by atoms with Gasteiger partial charge in [-0.15, -0.1) is 11.3 Å². The molecule has 2 aliphatic rings. The van der Waals surface area contributed by atoms with Gasteiger partial charge in [-0.2, -0.15) is 0 Å². The fourth-order valence-electron chi connectivity index (χ4n) is 5.61. The van der Waals surface area contributed by atoms with E-state index < -0.39 is 0 Å². The number of nitrogens with zero attached hydrogens (tertiary/aromatic N) is 1. The molecule has 0 amide bonds. The highest BCUT2D eigenvalue weighted by molar-refractivity contribution is 7.19. The second-order valence-corrected chi connectivity index (χ2v) is 11.1. The molecular formula is C30H37NO3S. The largest absolute Gasteiger partial charge is 0.497 e. The van der Waals surface area contributed by atoms with Crippen LogP contribution in [0.25, 0.3) is 10.1 Å². The molecule has 0 unspecified atom stereocenters. The quantitative estimate of drug-likeness (QED) is 0.307. The Bertz CT molecular complexity index is 1120. The fourth-order valence-corrected chi connectivity index (χ4v) is 7.01. The molecule has 5 rings (SSSR count). The predicted octanol–water partition coefficient (Wildman–Crippen LogP) is 7.44. The van der Waals surface area contributed by atoms with Crippen LogP contribution in [0.1, 0.15) is 84.5 Å². The van der Waals surface area contributed by atoms with Gasteiger partial charge in [0.25, 0.3) is 0 Å². The average molecular weight is 492 g/mol. The van der Waals surface area contributed by atoms with Crippen LogP contribution >= 0.6 is 11.3 Å². The van der Waals surface area contributed by atoms with E-state index in [1.165, 1.54) is 75.8 Å². The van der Waals surface area contributed by atoms with E-state index in [2.05, 4.69) is 17.0 Å². The van der Waals surface area contributed by atoms with Gasteiger partial charge in [-0.1, -0.05) is 32.1 Å². The first-order valence-electron chi connectivity index (χ1n) is 13.3. The van der Waals surface area contributed by atoms with Crippen molar-refractivity contribution in [1.29, 1.82) is 0 Å². The van der Waals surface area contributed by atoms with Crippen LogP contribution in [0.2, 0.25) is 0 Å². The van der Waals surface area contributed by atoms with E-state index in [9.17, 15) is 4.79 Å². The van der Waals surface area contributed by atoms with Gasteiger partial charge in [0.05, 0.1) is 7.11 Å². The smallest absolute Gasteiger partial charge is 0.194 e. The van der Waals surface area contributed by atoms with Gasteiger partial charge in [0, 0.05) is 32.6 Å². The van der Waals surface area contributed by atoms with Gasteiger partial charge in [0.2, 0.25) is 0 Å². The third-order valence-electron chi connectivity index (χ3n) is 7.62. The Morgan fingerprint density at radius 2 is 1.60 bits per heavy atom. The highest BCUT2D eigenvalue weighted by atomic mass is 32.1. The molecule has 0 spiro atoms. The first-order chi connectivity index (χ1) is 17.2. The van der Waals surface area contributed by atoms with Crippen LogP contribution in [-0.4, -0.2) is 44.0 Å². The topological polar surface area (TPSA) is 38.8 Å². The minimum atomic E-state index is 0.123. The number of ketones is 1. The van der Waals surface area contributed by atoms with E-state index >= 15 is 0 Å². The van der Waals surface area contributed by atoms with Crippen molar-refractivity contribution in [3.8, 4) is 11.5 Å². The molecule has 2 aromatic carbocycles. The van der Waals surface area contributed by atoms with E-state index in [-0.39, 0.29) is 5.78 Å². The Balaban J connectivity index is 1.33. The lowest BCUT2D eigenvalue weighted by Gasteiger charge is -2.21. The number of likely N-dealkylation sites (tertiary alicyclic amines) is 1. The van der Waals surface area contributed by atoms with Crippen LogP contribution in [-0.2, 0) is 0 Å². The summed E-state index contributed by atoms with van der Waals surface area (Å²) < 4.78 is 12.6. The fraction of sp³-hybridized carbons (Fsp3) is 0.500. The van der Waals surface area contributed by atoms with Crippen LogP contribution < -0.4 is 9.47 Å². The molecule has 1 aromatic heterocycles. The molecule has 0 N–H and O–H groups in total. The highest BCUT2D eigenvalue weighted by Gasteiger charge is 2.27. The molecule has 4 nitrogen and oxygen atoms in total. The molecule has 1 saturated heterocycles. The monoisotopic (exact) mass is 491 g/mol. The summed E-state index contributed by atoms with van der Waals surface area (Å²) in [5.41, 5.74) is 1.63. The molecular weight excluding hydrogens is 454 g/mol. The molecule has 35 heavy (non-hydrogen) atoms. The Hall–Kier alpha value is -2.37. The van der Waals surface area contributed by atoms with Gasteiger partial charge in [-0.25, -0.2) is 0 Å². The predicted molar refractivity (Wildman–Crippen MR) is 144 cm³/mol. The zero-order valence-electron chi connectivity index (χ0n) is 20.9. The third kappa shape index (κ3) is 5.73. The molecule has 5 heteroatoms. The molecule has 3 aromatic rings. The van der Waals surface area contributed by atoms with Gasteiger partial charge in [0.15, 0.2) is 5.78 Å². The summed E-state index contributed by atoms with van der Waals surface area (Å²) in [4.78, 5) is 17.6. The molecule has 1 aliphatic carbocycles. The van der Waals surface area contributed by atoms with Gasteiger partial charge in [-0.05, 0) is 87.2 Å². The van der Waals surface area contributed by atoms with Crippen LogP contribution in [0.3, 0.4) is 0 Å². The van der Waals surface area contributed by atoms with Crippen molar-refractivity contribution >= 4 is 27.2 Å². The normalized spacial score (nSPS) is 17.9. The van der Waals surface area contributed by atoms with Gasteiger partial charge >= 0.3 is 0 Å². The van der Waals surface area contributed by atoms with E-state index in [0.29, 0.717) is 12.5 Å². The number of hydrogen-bond donors (Lipinski definition) is 0. The summed E-state index contributed by atoms with van der Waals surface area (Å²) in [5, 5.41) is 1.05. The van der Waals surface area contributed by atoms with Gasteiger partial charge in [0.1, 0.15) is 18.1 Å². The third-order valence-corrected chi connectivity index (χ3v) is 8.93. The van der Waals surface area contributed by atoms with Crippen molar-refractivity contribution in [1.82, 2.24) is 4.90 Å². The maximum atomic E-state index is 13.8. The maximum Gasteiger partial charge on any atom is 0.194 e. The molecule has 1 aliphatic heterocycles. The number of ether oxygens (including phenoxy) is 2. The first-order valence-corrected chi connectivity index (χ1v) is 14.1. The highest BCUT2D eigenvalue weighted by Crippen LogP contribution is 2.44. The SMILES string of the molecule is COc1ccc2c(C(=O)c3ccc(OCCN4CCCCCC4)cc3)c(C3CCCCC3)sc2c1. The van der Waals surface area contributed by atoms with Crippen LogP contribution in [0.5, 0.6) is 11.5 Å². The zero-order valence-corrected chi connectivity index (χ0v) is 21.7. The summed E-state index contributed by atoms with van der Waals surface area (Å²) in [6.45, 7) is 4.02. The number of thiophene rings is 1. The number of rotatable bonds is 8. The Labute approximate surface area is 213 Å². The number of carbonyl (C=O) groups excluding carboxylic acids is 1. The van der Waals surface area contributed by atoms with Crippen molar-refractivity contribution < 1.29 is 14.3 Å². The van der Waals surface area contributed by atoms with Crippen molar-refractivity contribution in [2.75, 3.05) is 33.4 Å². The van der Waals surface area contributed by atoms with E-state index in [1.54, 1.807) is 18.4 Å².